The van der Waals surface area contributed by atoms with Crippen LogP contribution in [0, 0.1) is 26.7 Å². The number of ether oxygens (including phenoxy) is 2. The largest absolute Gasteiger partial charge is 0.465 e. The summed E-state index contributed by atoms with van der Waals surface area (Å²) in [5.74, 6) is -1.81. The van der Waals surface area contributed by atoms with E-state index in [1.165, 1.54) is 14.0 Å². The summed E-state index contributed by atoms with van der Waals surface area (Å²) in [6, 6.07) is 7.34. The molecule has 2 heterocycles. The Hall–Kier alpha value is -3.62. The number of carbonyl (C=O) groups excluding carboxylic acids is 4. The summed E-state index contributed by atoms with van der Waals surface area (Å²) in [7, 11) is 1.28. The number of urea groups is 1. The molecule has 0 aliphatic carbocycles. The molecule has 2 amide bonds. The second-order valence-electron chi connectivity index (χ2n) is 8.62. The number of hydrogen-bond donors (Lipinski definition) is 2. The molecule has 0 radical (unpaired) electrons. The van der Waals surface area contributed by atoms with E-state index < -0.39 is 29.7 Å². The molecule has 0 saturated carbocycles. The molecule has 1 atom stereocenters. The van der Waals surface area contributed by atoms with Crippen molar-refractivity contribution in [1.82, 2.24) is 9.88 Å². The molecule has 0 spiro atoms. The van der Waals surface area contributed by atoms with Gasteiger partial charge < -0.3 is 24.7 Å². The summed E-state index contributed by atoms with van der Waals surface area (Å²) < 4.78 is 10.2. The summed E-state index contributed by atoms with van der Waals surface area (Å²) in [4.78, 5) is 54.6. The van der Waals surface area contributed by atoms with Gasteiger partial charge in [0.15, 0.2) is 6.10 Å². The fraction of sp³-hybridized carbons (Fsp3) is 0.440. The predicted octanol–water partition coefficient (Wildman–Crippen LogP) is 3.79. The van der Waals surface area contributed by atoms with E-state index in [1.807, 2.05) is 31.2 Å². The number of aryl methyl sites for hydroxylation is 2. The van der Waals surface area contributed by atoms with Crippen LogP contribution >= 0.6 is 0 Å². The molecule has 2 aromatic rings. The molecule has 2 N–H and O–H groups in total. The van der Waals surface area contributed by atoms with Gasteiger partial charge >= 0.3 is 18.0 Å². The minimum atomic E-state index is -1.02. The van der Waals surface area contributed by atoms with Crippen molar-refractivity contribution in [2.75, 3.05) is 25.5 Å². The average molecular weight is 470 g/mol. The normalized spacial score (nSPS) is 14.9. The lowest BCUT2D eigenvalue weighted by Gasteiger charge is -2.31. The van der Waals surface area contributed by atoms with Crippen LogP contribution in [-0.2, 0) is 14.3 Å². The molecule has 0 bridgehead atoms. The Morgan fingerprint density at radius 3 is 2.41 bits per heavy atom. The van der Waals surface area contributed by atoms with Crippen molar-refractivity contribution < 1.29 is 28.7 Å². The minimum Gasteiger partial charge on any atom is -0.465 e. The monoisotopic (exact) mass is 469 g/mol. The first-order valence-corrected chi connectivity index (χ1v) is 11.3. The van der Waals surface area contributed by atoms with Gasteiger partial charge in [-0.05, 0) is 63.8 Å². The molecule has 9 heteroatoms. The smallest absolute Gasteiger partial charge is 0.339 e. The first kappa shape index (κ1) is 25.0. The lowest BCUT2D eigenvalue weighted by Crippen LogP contribution is -2.43. The highest BCUT2D eigenvalue weighted by molar-refractivity contribution is 6.04. The SMILES string of the molecule is COC(=O)c1c(C)[nH]c(C(=O)[C@@H](C)OC(=O)C2CCN(C(=O)Nc3cccc(C)c3)CC2)c1C. The zero-order valence-electron chi connectivity index (χ0n) is 20.2. The molecule has 0 unspecified atom stereocenters. The van der Waals surface area contributed by atoms with Gasteiger partial charge in [0.05, 0.1) is 24.3 Å². The van der Waals surface area contributed by atoms with Gasteiger partial charge in [-0.3, -0.25) is 9.59 Å². The number of piperidine rings is 1. The highest BCUT2D eigenvalue weighted by Gasteiger charge is 2.32. The molecule has 1 fully saturated rings. The van der Waals surface area contributed by atoms with Crippen LogP contribution in [-0.4, -0.2) is 59.9 Å². The van der Waals surface area contributed by atoms with Gasteiger partial charge in [0.25, 0.3) is 0 Å². The van der Waals surface area contributed by atoms with E-state index in [0.29, 0.717) is 42.8 Å². The Labute approximate surface area is 198 Å². The first-order chi connectivity index (χ1) is 16.1. The van der Waals surface area contributed by atoms with Gasteiger partial charge in [-0.25, -0.2) is 9.59 Å². The number of carbonyl (C=O) groups is 4. The number of nitrogens with one attached hydrogen (secondary N) is 2. The summed E-state index contributed by atoms with van der Waals surface area (Å²) in [5.41, 5.74) is 3.28. The number of rotatable bonds is 6. The Morgan fingerprint density at radius 2 is 1.79 bits per heavy atom. The maximum Gasteiger partial charge on any atom is 0.339 e. The Balaban J connectivity index is 1.54. The zero-order valence-corrected chi connectivity index (χ0v) is 20.2. The number of methoxy groups -OCH3 is 1. The van der Waals surface area contributed by atoms with Crippen LogP contribution in [0.4, 0.5) is 10.5 Å². The van der Waals surface area contributed by atoms with Crippen LogP contribution in [0.3, 0.4) is 0 Å². The molecule has 182 valence electrons. The molecule has 1 saturated heterocycles. The second-order valence-corrected chi connectivity index (χ2v) is 8.62. The first-order valence-electron chi connectivity index (χ1n) is 11.3. The Kier molecular flexibility index (Phi) is 7.75. The van der Waals surface area contributed by atoms with E-state index in [-0.39, 0.29) is 11.7 Å². The number of likely N-dealkylation sites (tertiary alicyclic amines) is 1. The van der Waals surface area contributed by atoms with Crippen molar-refractivity contribution >= 4 is 29.4 Å². The van der Waals surface area contributed by atoms with Crippen LogP contribution in [0.2, 0.25) is 0 Å². The lowest BCUT2D eigenvalue weighted by molar-refractivity contribution is -0.152. The second kappa shape index (κ2) is 10.5. The van der Waals surface area contributed by atoms with Gasteiger partial charge in [-0.2, -0.15) is 0 Å². The molecule has 34 heavy (non-hydrogen) atoms. The summed E-state index contributed by atoms with van der Waals surface area (Å²) in [6.07, 6.45) is -0.111. The fourth-order valence-corrected chi connectivity index (χ4v) is 4.18. The third-order valence-corrected chi connectivity index (χ3v) is 6.12. The Bertz CT molecular complexity index is 1100. The van der Waals surface area contributed by atoms with Crippen LogP contribution in [0.25, 0.3) is 0 Å². The molecule has 1 aromatic heterocycles. The third-order valence-electron chi connectivity index (χ3n) is 6.12. The molecule has 1 aromatic carbocycles. The van der Waals surface area contributed by atoms with E-state index in [9.17, 15) is 19.2 Å². The van der Waals surface area contributed by atoms with E-state index in [2.05, 4.69) is 10.3 Å². The van der Waals surface area contributed by atoms with Crippen molar-refractivity contribution in [1.29, 1.82) is 0 Å². The number of hydrogen-bond acceptors (Lipinski definition) is 6. The van der Waals surface area contributed by atoms with Crippen molar-refractivity contribution in [2.45, 2.75) is 46.6 Å². The average Bonchev–Trinajstić information content (AvgIpc) is 3.11. The zero-order chi connectivity index (χ0) is 25.0. The highest BCUT2D eigenvalue weighted by atomic mass is 16.5. The maximum absolute atomic E-state index is 12.9. The van der Waals surface area contributed by atoms with E-state index in [0.717, 1.165) is 11.3 Å². The van der Waals surface area contributed by atoms with Crippen LogP contribution in [0.1, 0.15) is 57.4 Å². The lowest BCUT2D eigenvalue weighted by atomic mass is 9.97. The number of esters is 2. The number of H-pyrrole nitrogens is 1. The van der Waals surface area contributed by atoms with Crippen LogP contribution in [0.5, 0.6) is 0 Å². The number of amides is 2. The summed E-state index contributed by atoms with van der Waals surface area (Å²) in [5, 5.41) is 2.88. The number of anilines is 1. The van der Waals surface area contributed by atoms with E-state index in [1.54, 1.807) is 18.7 Å². The standard InChI is InChI=1S/C25H31N3O6/c1-14-7-6-8-19(13-14)27-25(32)28-11-9-18(10-12-28)23(30)34-17(4)22(29)21-15(2)20(16(3)26-21)24(31)33-5/h6-8,13,17-18,26H,9-12H2,1-5H3,(H,27,32)/t17-/m1/s1. The minimum absolute atomic E-state index is 0.208. The number of aromatic nitrogens is 1. The molecular weight excluding hydrogens is 438 g/mol. The summed E-state index contributed by atoms with van der Waals surface area (Å²) >= 11 is 0. The number of Topliss-reactive ketones (excluding diaryl/α,β-unsaturated/α-hetero) is 1. The van der Waals surface area contributed by atoms with Gasteiger partial charge in [0.1, 0.15) is 0 Å². The topological polar surface area (TPSA) is 118 Å². The Morgan fingerprint density at radius 1 is 1.12 bits per heavy atom. The van der Waals surface area contributed by atoms with Gasteiger partial charge in [-0.15, -0.1) is 0 Å². The molecular formula is C25H31N3O6. The highest BCUT2D eigenvalue weighted by Crippen LogP contribution is 2.23. The van der Waals surface area contributed by atoms with Crippen molar-refractivity contribution in [3.8, 4) is 0 Å². The van der Waals surface area contributed by atoms with Crippen molar-refractivity contribution in [2.24, 2.45) is 5.92 Å². The number of aromatic amines is 1. The molecule has 3 rings (SSSR count). The number of nitrogens with zero attached hydrogens (tertiary/aromatic N) is 1. The molecule has 1 aliphatic rings. The van der Waals surface area contributed by atoms with Crippen molar-refractivity contribution in [3.63, 3.8) is 0 Å². The summed E-state index contributed by atoms with van der Waals surface area (Å²) in [6.45, 7) is 7.62. The van der Waals surface area contributed by atoms with Gasteiger partial charge in [0.2, 0.25) is 5.78 Å². The van der Waals surface area contributed by atoms with E-state index >= 15 is 0 Å². The van der Waals surface area contributed by atoms with Crippen molar-refractivity contribution in [3.05, 3.63) is 52.3 Å². The quantitative estimate of drug-likeness (QED) is 0.491. The van der Waals surface area contributed by atoms with E-state index in [4.69, 9.17) is 9.47 Å². The van der Waals surface area contributed by atoms with Crippen LogP contribution < -0.4 is 5.32 Å². The number of ketones is 1. The van der Waals surface area contributed by atoms with Gasteiger partial charge in [-0.1, -0.05) is 12.1 Å². The fourth-order valence-electron chi connectivity index (χ4n) is 4.18. The number of benzene rings is 1. The predicted molar refractivity (Wildman–Crippen MR) is 126 cm³/mol. The molecule has 9 nitrogen and oxygen atoms in total. The van der Waals surface area contributed by atoms with Crippen LogP contribution in [0.15, 0.2) is 24.3 Å². The van der Waals surface area contributed by atoms with Gasteiger partial charge in [0, 0.05) is 24.5 Å². The maximum atomic E-state index is 12.9. The molecule has 1 aliphatic heterocycles. The third kappa shape index (κ3) is 5.47.